The summed E-state index contributed by atoms with van der Waals surface area (Å²) < 4.78 is 1.24. The molecule has 11 nitrogen and oxygen atoms in total. The number of carbonyl (C=O) groups is 4. The molecule has 5 rings (SSSR count). The minimum atomic E-state index is -1.34. The normalized spacial score (nSPS) is 13.4. The van der Waals surface area contributed by atoms with E-state index in [1.165, 1.54) is 23.1 Å². The predicted octanol–water partition coefficient (Wildman–Crippen LogP) is 3.50. The lowest BCUT2D eigenvalue weighted by molar-refractivity contribution is -0.139. The van der Waals surface area contributed by atoms with Gasteiger partial charge in [0.1, 0.15) is 12.4 Å². The van der Waals surface area contributed by atoms with Gasteiger partial charge in [0, 0.05) is 6.42 Å². The van der Waals surface area contributed by atoms with Crippen molar-refractivity contribution in [3.63, 3.8) is 0 Å². The summed E-state index contributed by atoms with van der Waals surface area (Å²) in [5, 5.41) is 23.0. The molecule has 0 bridgehead atoms. The van der Waals surface area contributed by atoms with Crippen molar-refractivity contribution in [2.24, 2.45) is 0 Å². The summed E-state index contributed by atoms with van der Waals surface area (Å²) in [5.74, 6) is -2.94. The first kappa shape index (κ1) is 26.0. The number of aromatic nitrogens is 4. The minimum absolute atomic E-state index is 0.0130. The van der Waals surface area contributed by atoms with Gasteiger partial charge in [0.05, 0.1) is 38.1 Å². The molecule has 1 atom stereocenters. The topological polar surface area (TPSA) is 147 Å². The number of carboxylic acid groups (broad SMARTS) is 1. The maximum absolute atomic E-state index is 13.1. The minimum Gasteiger partial charge on any atom is -0.480 e. The highest BCUT2D eigenvalue weighted by Crippen LogP contribution is 2.32. The van der Waals surface area contributed by atoms with Gasteiger partial charge in [-0.1, -0.05) is 47.5 Å². The van der Waals surface area contributed by atoms with Gasteiger partial charge in [-0.05, 0) is 58.8 Å². The Morgan fingerprint density at radius 1 is 1.03 bits per heavy atom. The molecule has 1 aliphatic rings. The molecule has 39 heavy (non-hydrogen) atoms. The summed E-state index contributed by atoms with van der Waals surface area (Å²) in [6.45, 7) is 1.76. The highest BCUT2D eigenvalue weighted by atomic mass is 35.5. The maximum atomic E-state index is 13.1. The Hall–Kier alpha value is -4.61. The second-order valence-electron chi connectivity index (χ2n) is 8.69. The Morgan fingerprint density at radius 2 is 1.77 bits per heavy atom. The van der Waals surface area contributed by atoms with E-state index in [0.717, 1.165) is 4.90 Å². The third kappa shape index (κ3) is 4.73. The number of carboxylic acids is 1. The average Bonchev–Trinajstić information content (AvgIpc) is 3.52. The SMILES string of the molecule is Cc1cccc2c1C(=O)N(c1ccc(C[C@H](NC(=O)c3c(Cl)ccc(-n4cnnn4)c3Cl)C(=O)O)cc1)C2=O. The molecule has 0 spiro atoms. The van der Waals surface area contributed by atoms with Crippen LogP contribution >= 0.6 is 23.2 Å². The fourth-order valence-electron chi connectivity index (χ4n) is 4.33. The van der Waals surface area contributed by atoms with E-state index in [9.17, 15) is 24.3 Å². The molecule has 3 amide bonds. The van der Waals surface area contributed by atoms with E-state index in [2.05, 4.69) is 20.8 Å². The van der Waals surface area contributed by atoms with Gasteiger partial charge in [-0.15, -0.1) is 5.10 Å². The lowest BCUT2D eigenvalue weighted by Gasteiger charge is -2.18. The fraction of sp³-hybridized carbons (Fsp3) is 0.115. The molecule has 4 aromatic rings. The number of nitrogens with one attached hydrogen (secondary N) is 1. The number of benzene rings is 3. The third-order valence-electron chi connectivity index (χ3n) is 6.25. The molecular weight excluding hydrogens is 547 g/mol. The number of hydrogen-bond donors (Lipinski definition) is 2. The van der Waals surface area contributed by atoms with Crippen molar-refractivity contribution in [3.05, 3.63) is 98.8 Å². The van der Waals surface area contributed by atoms with Gasteiger partial charge in [0.25, 0.3) is 17.7 Å². The number of rotatable bonds is 7. The van der Waals surface area contributed by atoms with Crippen molar-refractivity contribution >= 4 is 52.6 Å². The van der Waals surface area contributed by atoms with Crippen LogP contribution in [0.15, 0.2) is 60.9 Å². The molecule has 13 heteroatoms. The number of nitrogens with zero attached hydrogens (tertiary/aromatic N) is 5. The standard InChI is InChI=1S/C26H18Cl2N6O5/c1-13-3-2-4-16-20(13)25(37)34(24(16)36)15-7-5-14(6-8-15)11-18(26(38)39)30-23(35)21-17(27)9-10-19(22(21)28)33-12-29-31-32-33/h2-10,12,18H,11H2,1H3,(H,30,35)(H,38,39)/t18-/m0/s1. The van der Waals surface area contributed by atoms with Crippen LogP contribution in [0.4, 0.5) is 5.69 Å². The summed E-state index contributed by atoms with van der Waals surface area (Å²) in [7, 11) is 0. The Labute approximate surface area is 230 Å². The lowest BCUT2D eigenvalue weighted by atomic mass is 10.0. The molecule has 0 radical (unpaired) electrons. The van der Waals surface area contributed by atoms with Crippen molar-refractivity contribution in [2.45, 2.75) is 19.4 Å². The zero-order valence-electron chi connectivity index (χ0n) is 20.1. The number of carbonyl (C=O) groups excluding carboxylic acids is 3. The molecule has 0 fully saturated rings. The van der Waals surface area contributed by atoms with Crippen LogP contribution in [0.5, 0.6) is 0 Å². The van der Waals surface area contributed by atoms with Gasteiger partial charge in [-0.25, -0.2) is 9.69 Å². The first-order valence-electron chi connectivity index (χ1n) is 11.5. The number of aryl methyl sites for hydroxylation is 1. The van der Waals surface area contributed by atoms with E-state index in [0.29, 0.717) is 27.9 Å². The monoisotopic (exact) mass is 564 g/mol. The summed E-state index contributed by atoms with van der Waals surface area (Å²) in [6.07, 6.45) is 1.19. The predicted molar refractivity (Wildman–Crippen MR) is 141 cm³/mol. The maximum Gasteiger partial charge on any atom is 0.326 e. The second-order valence-corrected chi connectivity index (χ2v) is 9.47. The first-order valence-corrected chi connectivity index (χ1v) is 12.3. The van der Waals surface area contributed by atoms with Crippen LogP contribution in [0, 0.1) is 6.92 Å². The molecule has 0 aliphatic carbocycles. The van der Waals surface area contributed by atoms with Crippen LogP contribution in [-0.4, -0.2) is 55.0 Å². The Kier molecular flexibility index (Phi) is 6.85. The highest BCUT2D eigenvalue weighted by molar-refractivity contribution is 6.41. The Bertz CT molecular complexity index is 1640. The van der Waals surface area contributed by atoms with Crippen molar-refractivity contribution in [1.82, 2.24) is 25.5 Å². The molecule has 2 N–H and O–H groups in total. The number of fused-ring (bicyclic) bond motifs is 1. The number of amides is 3. The second kappa shape index (κ2) is 10.3. The van der Waals surface area contributed by atoms with Crippen LogP contribution in [0.3, 0.4) is 0 Å². The zero-order valence-corrected chi connectivity index (χ0v) is 21.6. The number of hydrogen-bond acceptors (Lipinski definition) is 7. The molecule has 196 valence electrons. The van der Waals surface area contributed by atoms with Crippen molar-refractivity contribution in [3.8, 4) is 5.69 Å². The molecule has 2 heterocycles. The van der Waals surface area contributed by atoms with Gasteiger partial charge in [0.2, 0.25) is 0 Å². The Morgan fingerprint density at radius 3 is 2.41 bits per heavy atom. The summed E-state index contributed by atoms with van der Waals surface area (Å²) in [4.78, 5) is 52.0. The van der Waals surface area contributed by atoms with Gasteiger partial charge >= 0.3 is 5.97 Å². The van der Waals surface area contributed by atoms with Gasteiger partial charge in [-0.2, -0.15) is 4.68 Å². The number of aliphatic carboxylic acids is 1. The van der Waals surface area contributed by atoms with Crippen LogP contribution in [0.25, 0.3) is 5.69 Å². The Balaban J connectivity index is 1.34. The van der Waals surface area contributed by atoms with Gasteiger partial charge < -0.3 is 10.4 Å². The van der Waals surface area contributed by atoms with Crippen molar-refractivity contribution < 1.29 is 24.3 Å². The van der Waals surface area contributed by atoms with E-state index in [1.54, 1.807) is 49.4 Å². The molecular formula is C26H18Cl2N6O5. The average molecular weight is 565 g/mol. The van der Waals surface area contributed by atoms with Crippen LogP contribution in [0.1, 0.15) is 42.2 Å². The molecule has 0 saturated heterocycles. The number of halogens is 2. The first-order chi connectivity index (χ1) is 18.7. The van der Waals surface area contributed by atoms with Gasteiger partial charge in [-0.3, -0.25) is 14.4 Å². The van der Waals surface area contributed by atoms with E-state index >= 15 is 0 Å². The lowest BCUT2D eigenvalue weighted by Crippen LogP contribution is -2.42. The number of imide groups is 1. The molecule has 3 aromatic carbocycles. The summed E-state index contributed by atoms with van der Waals surface area (Å²) in [6, 6.07) is 13.0. The van der Waals surface area contributed by atoms with E-state index in [1.807, 2.05) is 0 Å². The van der Waals surface area contributed by atoms with Crippen molar-refractivity contribution in [1.29, 1.82) is 0 Å². The third-order valence-corrected chi connectivity index (χ3v) is 6.95. The highest BCUT2D eigenvalue weighted by Gasteiger charge is 2.37. The zero-order chi connectivity index (χ0) is 27.8. The van der Waals surface area contributed by atoms with Crippen LogP contribution in [0.2, 0.25) is 10.0 Å². The van der Waals surface area contributed by atoms with E-state index < -0.39 is 29.7 Å². The fourth-order valence-corrected chi connectivity index (χ4v) is 4.96. The molecule has 1 aliphatic heterocycles. The van der Waals surface area contributed by atoms with E-state index in [4.69, 9.17) is 23.2 Å². The van der Waals surface area contributed by atoms with Crippen LogP contribution in [-0.2, 0) is 11.2 Å². The molecule has 1 aromatic heterocycles. The van der Waals surface area contributed by atoms with Crippen LogP contribution < -0.4 is 10.2 Å². The summed E-state index contributed by atoms with van der Waals surface area (Å²) in [5.41, 5.74) is 2.43. The quantitative estimate of drug-likeness (QED) is 0.324. The molecule has 0 saturated carbocycles. The van der Waals surface area contributed by atoms with E-state index in [-0.39, 0.29) is 27.7 Å². The molecule has 0 unspecified atom stereocenters. The van der Waals surface area contributed by atoms with Crippen molar-refractivity contribution in [2.75, 3.05) is 4.90 Å². The largest absolute Gasteiger partial charge is 0.480 e. The number of anilines is 1. The number of tetrazole rings is 1. The van der Waals surface area contributed by atoms with Gasteiger partial charge in [0.15, 0.2) is 0 Å². The summed E-state index contributed by atoms with van der Waals surface area (Å²) >= 11 is 12.6. The smallest absolute Gasteiger partial charge is 0.326 e.